The highest BCUT2D eigenvalue weighted by molar-refractivity contribution is 14.0. The van der Waals surface area contributed by atoms with Crippen LogP contribution >= 0.6 is 24.0 Å². The first kappa shape index (κ1) is 21.2. The molecule has 6 heteroatoms. The van der Waals surface area contributed by atoms with Crippen LogP contribution in [0.4, 0.5) is 0 Å². The molecule has 0 aliphatic carbocycles. The van der Waals surface area contributed by atoms with Gasteiger partial charge in [-0.25, -0.2) is 0 Å². The Labute approximate surface area is 134 Å². The van der Waals surface area contributed by atoms with E-state index in [0.717, 1.165) is 38.6 Å². The maximum Gasteiger partial charge on any atom is 0.191 e. The molecule has 5 nitrogen and oxygen atoms in total. The molecule has 0 bridgehead atoms. The fourth-order valence-electron chi connectivity index (χ4n) is 1.45. The third-order valence-electron chi connectivity index (χ3n) is 2.42. The van der Waals surface area contributed by atoms with Gasteiger partial charge >= 0.3 is 0 Å². The zero-order valence-corrected chi connectivity index (χ0v) is 15.0. The summed E-state index contributed by atoms with van der Waals surface area (Å²) in [5, 5.41) is 6.50. The van der Waals surface area contributed by atoms with Crippen LogP contribution in [-0.2, 0) is 9.47 Å². The summed E-state index contributed by atoms with van der Waals surface area (Å²) in [4.78, 5) is 4.16. The van der Waals surface area contributed by atoms with Crippen molar-refractivity contribution >= 4 is 29.9 Å². The van der Waals surface area contributed by atoms with Gasteiger partial charge in [0.2, 0.25) is 0 Å². The van der Waals surface area contributed by atoms with Crippen molar-refractivity contribution in [2.24, 2.45) is 4.99 Å². The minimum atomic E-state index is 0. The van der Waals surface area contributed by atoms with E-state index in [1.165, 1.54) is 6.42 Å². The van der Waals surface area contributed by atoms with Crippen LogP contribution in [0.3, 0.4) is 0 Å². The van der Waals surface area contributed by atoms with E-state index in [4.69, 9.17) is 9.47 Å². The van der Waals surface area contributed by atoms with E-state index in [1.807, 2.05) is 0 Å². The van der Waals surface area contributed by atoms with Crippen molar-refractivity contribution in [3.8, 4) is 0 Å². The van der Waals surface area contributed by atoms with Crippen molar-refractivity contribution in [2.45, 2.75) is 39.2 Å². The molecule has 0 aromatic carbocycles. The molecule has 1 atom stereocenters. The summed E-state index contributed by atoms with van der Waals surface area (Å²) in [5.74, 6) is 0.813. The molecule has 0 aromatic rings. The van der Waals surface area contributed by atoms with Crippen LogP contribution in [0.2, 0.25) is 0 Å². The summed E-state index contributed by atoms with van der Waals surface area (Å²) in [6.07, 6.45) is 3.32. The van der Waals surface area contributed by atoms with Crippen molar-refractivity contribution in [2.75, 3.05) is 40.5 Å². The smallest absolute Gasteiger partial charge is 0.191 e. The Kier molecular flexibility index (Phi) is 17.8. The minimum Gasteiger partial charge on any atom is -0.383 e. The van der Waals surface area contributed by atoms with Crippen LogP contribution in [-0.4, -0.2) is 52.5 Å². The molecule has 0 fully saturated rings. The normalized spacial score (nSPS) is 12.7. The van der Waals surface area contributed by atoms with Gasteiger partial charge in [0.15, 0.2) is 5.96 Å². The van der Waals surface area contributed by atoms with Gasteiger partial charge in [-0.2, -0.15) is 0 Å². The molecule has 0 saturated carbocycles. The van der Waals surface area contributed by atoms with E-state index in [9.17, 15) is 0 Å². The second-order valence-corrected chi connectivity index (χ2v) is 4.32. The van der Waals surface area contributed by atoms with E-state index in [0.29, 0.717) is 6.61 Å². The predicted octanol–water partition coefficient (Wildman–Crippen LogP) is 2.01. The van der Waals surface area contributed by atoms with Crippen molar-refractivity contribution in [1.29, 1.82) is 0 Å². The molecule has 1 unspecified atom stereocenters. The first-order chi connectivity index (χ1) is 8.74. The summed E-state index contributed by atoms with van der Waals surface area (Å²) >= 11 is 0. The molecule has 2 N–H and O–H groups in total. The zero-order valence-electron chi connectivity index (χ0n) is 12.7. The first-order valence-electron chi connectivity index (χ1n) is 6.78. The molecule has 0 saturated heterocycles. The fraction of sp³-hybridized carbons (Fsp3) is 0.923. The Hall–Kier alpha value is -0.0800. The second-order valence-electron chi connectivity index (χ2n) is 4.32. The predicted molar refractivity (Wildman–Crippen MR) is 91.6 cm³/mol. The van der Waals surface area contributed by atoms with Crippen LogP contribution in [0.5, 0.6) is 0 Å². The van der Waals surface area contributed by atoms with Gasteiger partial charge in [0.1, 0.15) is 0 Å². The number of guanidine groups is 1. The molecule has 0 aromatic heterocycles. The van der Waals surface area contributed by atoms with Gasteiger partial charge in [-0.05, 0) is 19.8 Å². The summed E-state index contributed by atoms with van der Waals surface area (Å²) in [6, 6.07) is 0.252. The number of methoxy groups -OCH3 is 1. The van der Waals surface area contributed by atoms with Crippen molar-refractivity contribution in [3.63, 3.8) is 0 Å². The lowest BCUT2D eigenvalue weighted by molar-refractivity contribution is 0.129. The molecule has 0 radical (unpaired) electrons. The molecule has 0 amide bonds. The van der Waals surface area contributed by atoms with Gasteiger partial charge in [0, 0.05) is 40.0 Å². The molecule has 0 heterocycles. The van der Waals surface area contributed by atoms with Crippen LogP contribution in [0.1, 0.15) is 33.1 Å². The van der Waals surface area contributed by atoms with Crippen LogP contribution < -0.4 is 10.6 Å². The molecule has 0 spiro atoms. The third kappa shape index (κ3) is 14.1. The number of ether oxygens (including phenoxy) is 2. The summed E-state index contributed by atoms with van der Waals surface area (Å²) in [7, 11) is 3.47. The maximum absolute atomic E-state index is 5.49. The maximum atomic E-state index is 5.49. The van der Waals surface area contributed by atoms with Gasteiger partial charge < -0.3 is 20.1 Å². The minimum absolute atomic E-state index is 0. The summed E-state index contributed by atoms with van der Waals surface area (Å²) < 4.78 is 10.6. The largest absolute Gasteiger partial charge is 0.383 e. The second kappa shape index (κ2) is 16.0. The topological polar surface area (TPSA) is 54.9 Å². The molecular weight excluding hydrogens is 357 g/mol. The van der Waals surface area contributed by atoms with Crippen molar-refractivity contribution < 1.29 is 9.47 Å². The van der Waals surface area contributed by atoms with Gasteiger partial charge in [-0.1, -0.05) is 13.3 Å². The molecule has 0 aliphatic heterocycles. The number of nitrogens with zero attached hydrogens (tertiary/aromatic N) is 1. The number of unbranched alkanes of at least 4 members (excludes halogenated alkanes) is 1. The molecule has 19 heavy (non-hydrogen) atoms. The number of hydrogen-bond acceptors (Lipinski definition) is 3. The molecule has 0 rings (SSSR count). The lowest BCUT2D eigenvalue weighted by Crippen LogP contribution is -2.44. The zero-order chi connectivity index (χ0) is 13.6. The average molecular weight is 387 g/mol. The van der Waals surface area contributed by atoms with Gasteiger partial charge in [-0.3, -0.25) is 4.99 Å². The standard InChI is InChI=1S/C13H29N3O2.HI/c1-5-6-9-18-10-7-8-15-13(14-3)16-12(2)11-17-4;/h12H,5-11H2,1-4H3,(H2,14,15,16);1H. The van der Waals surface area contributed by atoms with E-state index in [2.05, 4.69) is 29.5 Å². The Morgan fingerprint density at radius 2 is 1.95 bits per heavy atom. The lowest BCUT2D eigenvalue weighted by Gasteiger charge is -2.17. The third-order valence-corrected chi connectivity index (χ3v) is 2.42. The number of rotatable bonds is 10. The Morgan fingerprint density at radius 1 is 1.26 bits per heavy atom. The number of halogens is 1. The van der Waals surface area contributed by atoms with Gasteiger partial charge in [0.05, 0.1) is 6.61 Å². The number of aliphatic imine (C=N–C) groups is 1. The highest BCUT2D eigenvalue weighted by Gasteiger charge is 2.03. The van der Waals surface area contributed by atoms with Crippen LogP contribution in [0.25, 0.3) is 0 Å². The van der Waals surface area contributed by atoms with Gasteiger partial charge in [-0.15, -0.1) is 24.0 Å². The average Bonchev–Trinajstić information content (AvgIpc) is 2.36. The SMILES string of the molecule is CCCCOCCCNC(=NC)NC(C)COC.I. The van der Waals surface area contributed by atoms with E-state index < -0.39 is 0 Å². The lowest BCUT2D eigenvalue weighted by atomic mass is 10.3. The molecular formula is C13H30IN3O2. The first-order valence-corrected chi connectivity index (χ1v) is 6.78. The van der Waals surface area contributed by atoms with Crippen molar-refractivity contribution in [1.82, 2.24) is 10.6 Å². The van der Waals surface area contributed by atoms with E-state index in [-0.39, 0.29) is 30.0 Å². The number of hydrogen-bond donors (Lipinski definition) is 2. The highest BCUT2D eigenvalue weighted by atomic mass is 127. The van der Waals surface area contributed by atoms with E-state index >= 15 is 0 Å². The Balaban J connectivity index is 0. The quantitative estimate of drug-likeness (QED) is 0.261. The highest BCUT2D eigenvalue weighted by Crippen LogP contribution is 1.89. The van der Waals surface area contributed by atoms with Crippen molar-refractivity contribution in [3.05, 3.63) is 0 Å². The molecule has 0 aliphatic rings. The van der Waals surface area contributed by atoms with E-state index in [1.54, 1.807) is 14.2 Å². The fourth-order valence-corrected chi connectivity index (χ4v) is 1.45. The summed E-state index contributed by atoms with van der Waals surface area (Å²) in [6.45, 7) is 7.43. The van der Waals surface area contributed by atoms with Crippen LogP contribution in [0.15, 0.2) is 4.99 Å². The molecule has 116 valence electrons. The van der Waals surface area contributed by atoms with Crippen LogP contribution in [0, 0.1) is 0 Å². The van der Waals surface area contributed by atoms with Gasteiger partial charge in [0.25, 0.3) is 0 Å². The Bertz CT molecular complexity index is 216. The number of nitrogens with one attached hydrogen (secondary N) is 2. The monoisotopic (exact) mass is 387 g/mol. The summed E-state index contributed by atoms with van der Waals surface area (Å²) in [5.41, 5.74) is 0. The Morgan fingerprint density at radius 3 is 2.53 bits per heavy atom.